The van der Waals surface area contributed by atoms with Gasteiger partial charge in [0.15, 0.2) is 0 Å². The minimum absolute atomic E-state index is 0.152. The van der Waals surface area contributed by atoms with Gasteiger partial charge >= 0.3 is 7.82 Å². The molecule has 0 saturated heterocycles. The normalized spacial score (nSPS) is 41.0. The van der Waals surface area contributed by atoms with E-state index in [1.54, 1.807) is 0 Å². The van der Waals surface area contributed by atoms with Crippen LogP contribution in [0.25, 0.3) is 0 Å². The molecule has 0 aliphatic heterocycles. The number of phosphoric acid groups is 1. The SMILES string of the molecule is O=P(O)(O)O[C@H]1C[C@H](CO)[C@H](O)[C@H](O)[C@H]1O. The summed E-state index contributed by atoms with van der Waals surface area (Å²) in [5, 5.41) is 37.1. The molecule has 0 radical (unpaired) electrons. The average Bonchev–Trinajstić information content (AvgIpc) is 2.17. The van der Waals surface area contributed by atoms with Gasteiger partial charge in [-0.3, -0.25) is 4.52 Å². The first-order valence-corrected chi connectivity index (χ1v) is 6.18. The fourth-order valence-corrected chi connectivity index (χ4v) is 2.31. The number of phosphoric ester groups is 1. The molecule has 16 heavy (non-hydrogen) atoms. The quantitative estimate of drug-likeness (QED) is 0.306. The molecule has 0 amide bonds. The molecule has 0 aromatic rings. The van der Waals surface area contributed by atoms with Gasteiger partial charge in [-0.15, -0.1) is 0 Å². The molecular formula is C7H15O8P. The van der Waals surface area contributed by atoms with Gasteiger partial charge in [-0.1, -0.05) is 0 Å². The van der Waals surface area contributed by atoms with Gasteiger partial charge in [-0.2, -0.15) is 0 Å². The van der Waals surface area contributed by atoms with E-state index in [0.29, 0.717) is 0 Å². The molecule has 8 nitrogen and oxygen atoms in total. The van der Waals surface area contributed by atoms with Crippen LogP contribution in [0.5, 0.6) is 0 Å². The van der Waals surface area contributed by atoms with E-state index in [1.807, 2.05) is 0 Å². The summed E-state index contributed by atoms with van der Waals surface area (Å²) < 4.78 is 14.9. The first kappa shape index (κ1) is 14.0. The molecule has 0 aromatic carbocycles. The number of rotatable bonds is 3. The second-order valence-electron chi connectivity index (χ2n) is 3.78. The van der Waals surface area contributed by atoms with E-state index in [2.05, 4.69) is 4.52 Å². The van der Waals surface area contributed by atoms with E-state index in [4.69, 9.17) is 14.9 Å². The van der Waals surface area contributed by atoms with Gasteiger partial charge in [0.25, 0.3) is 0 Å². The first-order chi connectivity index (χ1) is 7.26. The second-order valence-corrected chi connectivity index (χ2v) is 4.98. The van der Waals surface area contributed by atoms with Crippen LogP contribution in [0.2, 0.25) is 0 Å². The Morgan fingerprint density at radius 2 is 1.69 bits per heavy atom. The summed E-state index contributed by atoms with van der Waals surface area (Å²) in [7, 11) is -4.79. The summed E-state index contributed by atoms with van der Waals surface area (Å²) in [5.41, 5.74) is 0. The lowest BCUT2D eigenvalue weighted by atomic mass is 9.81. The van der Waals surface area contributed by atoms with Crippen molar-refractivity contribution in [1.82, 2.24) is 0 Å². The predicted molar refractivity (Wildman–Crippen MR) is 50.1 cm³/mol. The number of hydrogen-bond acceptors (Lipinski definition) is 6. The van der Waals surface area contributed by atoms with Gasteiger partial charge < -0.3 is 30.2 Å². The van der Waals surface area contributed by atoms with Gasteiger partial charge in [-0.05, 0) is 6.42 Å². The smallest absolute Gasteiger partial charge is 0.396 e. The third kappa shape index (κ3) is 3.22. The van der Waals surface area contributed by atoms with E-state index >= 15 is 0 Å². The van der Waals surface area contributed by atoms with Crippen LogP contribution in [-0.4, -0.2) is 61.2 Å². The van der Waals surface area contributed by atoms with Crippen molar-refractivity contribution in [3.8, 4) is 0 Å². The zero-order valence-electron chi connectivity index (χ0n) is 8.25. The highest BCUT2D eigenvalue weighted by atomic mass is 31.2. The lowest BCUT2D eigenvalue weighted by Gasteiger charge is -2.39. The summed E-state index contributed by atoms with van der Waals surface area (Å²) in [5.74, 6) is -0.796. The Labute approximate surface area is 91.4 Å². The van der Waals surface area contributed by atoms with Crippen LogP contribution in [-0.2, 0) is 9.09 Å². The Morgan fingerprint density at radius 1 is 1.12 bits per heavy atom. The van der Waals surface area contributed by atoms with E-state index in [-0.39, 0.29) is 6.42 Å². The molecule has 5 atom stereocenters. The maximum Gasteiger partial charge on any atom is 0.469 e. The minimum Gasteiger partial charge on any atom is -0.396 e. The fraction of sp³-hybridized carbons (Fsp3) is 1.00. The molecule has 0 spiro atoms. The maximum absolute atomic E-state index is 10.6. The van der Waals surface area contributed by atoms with E-state index < -0.39 is 44.8 Å². The van der Waals surface area contributed by atoms with Gasteiger partial charge in [0.2, 0.25) is 0 Å². The maximum atomic E-state index is 10.6. The Morgan fingerprint density at radius 3 is 2.12 bits per heavy atom. The molecule has 0 bridgehead atoms. The summed E-state index contributed by atoms with van der Waals surface area (Å²) in [6.07, 6.45) is -6.04. The van der Waals surface area contributed by atoms with Crippen molar-refractivity contribution in [1.29, 1.82) is 0 Å². The van der Waals surface area contributed by atoms with Crippen LogP contribution < -0.4 is 0 Å². The summed E-state index contributed by atoms with van der Waals surface area (Å²) in [6.45, 7) is -0.480. The largest absolute Gasteiger partial charge is 0.469 e. The zero-order valence-corrected chi connectivity index (χ0v) is 9.14. The molecule has 0 heterocycles. The second kappa shape index (κ2) is 5.07. The fourth-order valence-electron chi connectivity index (χ4n) is 1.74. The van der Waals surface area contributed by atoms with E-state index in [9.17, 15) is 19.9 Å². The molecule has 1 aliphatic rings. The third-order valence-corrected chi connectivity index (χ3v) is 3.15. The molecule has 0 aromatic heterocycles. The van der Waals surface area contributed by atoms with Gasteiger partial charge in [0, 0.05) is 12.5 Å². The molecule has 1 aliphatic carbocycles. The first-order valence-electron chi connectivity index (χ1n) is 4.65. The van der Waals surface area contributed by atoms with Crippen LogP contribution in [0.3, 0.4) is 0 Å². The number of aliphatic hydroxyl groups excluding tert-OH is 4. The topological polar surface area (TPSA) is 148 Å². The number of aliphatic hydroxyl groups is 4. The van der Waals surface area contributed by atoms with E-state index in [1.165, 1.54) is 0 Å². The van der Waals surface area contributed by atoms with Crippen molar-refractivity contribution in [3.05, 3.63) is 0 Å². The molecule has 6 N–H and O–H groups in total. The van der Waals surface area contributed by atoms with Crippen LogP contribution >= 0.6 is 7.82 Å². The van der Waals surface area contributed by atoms with Crippen molar-refractivity contribution >= 4 is 7.82 Å². The predicted octanol–water partition coefficient (Wildman–Crippen LogP) is -2.44. The molecule has 1 saturated carbocycles. The van der Waals surface area contributed by atoms with Crippen molar-refractivity contribution in [2.24, 2.45) is 5.92 Å². The van der Waals surface area contributed by atoms with Gasteiger partial charge in [-0.25, -0.2) is 4.57 Å². The Balaban J connectivity index is 2.75. The average molecular weight is 258 g/mol. The van der Waals surface area contributed by atoms with Crippen LogP contribution in [0, 0.1) is 5.92 Å². The standard InChI is InChI=1S/C7H15O8P/c8-2-3-1-4(15-16(12,13)14)6(10)7(11)5(3)9/h3-11H,1-2H2,(H2,12,13,14)/t3-,4+,5+,6+,7+/m1/s1. The van der Waals surface area contributed by atoms with E-state index in [0.717, 1.165) is 0 Å². The van der Waals surface area contributed by atoms with Crippen molar-refractivity contribution < 1.29 is 39.3 Å². The van der Waals surface area contributed by atoms with Crippen molar-refractivity contribution in [2.45, 2.75) is 30.8 Å². The minimum atomic E-state index is -4.79. The Kier molecular flexibility index (Phi) is 4.44. The molecule has 1 rings (SSSR count). The highest BCUT2D eigenvalue weighted by Crippen LogP contribution is 2.42. The lowest BCUT2D eigenvalue weighted by Crippen LogP contribution is -2.54. The summed E-state index contributed by atoms with van der Waals surface area (Å²) >= 11 is 0. The van der Waals surface area contributed by atoms with Crippen LogP contribution in [0.1, 0.15) is 6.42 Å². The van der Waals surface area contributed by atoms with Gasteiger partial charge in [0.1, 0.15) is 12.2 Å². The molecular weight excluding hydrogens is 243 g/mol. The number of hydrogen-bond donors (Lipinski definition) is 6. The van der Waals surface area contributed by atoms with Crippen LogP contribution in [0.4, 0.5) is 0 Å². The van der Waals surface area contributed by atoms with Crippen molar-refractivity contribution in [3.63, 3.8) is 0 Å². The monoisotopic (exact) mass is 258 g/mol. The summed E-state index contributed by atoms with van der Waals surface area (Å²) in [4.78, 5) is 17.1. The molecule has 0 unspecified atom stereocenters. The third-order valence-electron chi connectivity index (χ3n) is 2.61. The Bertz CT molecular complexity index is 276. The molecule has 1 fully saturated rings. The zero-order chi connectivity index (χ0) is 12.5. The Hall–Kier alpha value is -0.0500. The highest BCUT2D eigenvalue weighted by molar-refractivity contribution is 7.46. The van der Waals surface area contributed by atoms with Crippen molar-refractivity contribution in [2.75, 3.05) is 6.61 Å². The van der Waals surface area contributed by atoms with Crippen LogP contribution in [0.15, 0.2) is 0 Å². The molecule has 96 valence electrons. The van der Waals surface area contributed by atoms with Gasteiger partial charge in [0.05, 0.1) is 12.2 Å². The lowest BCUT2D eigenvalue weighted by molar-refractivity contribution is -0.160. The molecule has 9 heteroatoms. The highest BCUT2D eigenvalue weighted by Gasteiger charge is 2.45. The summed E-state index contributed by atoms with van der Waals surface area (Å²) in [6, 6.07) is 0.